The van der Waals surface area contributed by atoms with Gasteiger partial charge in [-0.2, -0.15) is 0 Å². The minimum absolute atomic E-state index is 0.150. The largest absolute Gasteiger partial charge is 0.474 e. The lowest BCUT2D eigenvalue weighted by Crippen LogP contribution is -2.35. The summed E-state index contributed by atoms with van der Waals surface area (Å²) in [5, 5.41) is 0. The number of benzene rings is 2. The van der Waals surface area contributed by atoms with Crippen molar-refractivity contribution in [1.29, 1.82) is 0 Å². The van der Waals surface area contributed by atoms with Crippen LogP contribution in [0.5, 0.6) is 5.75 Å². The van der Waals surface area contributed by atoms with E-state index in [1.54, 1.807) is 6.07 Å². The molecular weight excluding hydrogens is 243 g/mol. The van der Waals surface area contributed by atoms with Gasteiger partial charge >= 0.3 is 0 Å². The van der Waals surface area contributed by atoms with E-state index in [0.717, 1.165) is 17.4 Å². The maximum absolute atomic E-state index is 13.3. The number of fused-ring (bicyclic) bond motifs is 1. The number of carbonyl (C=O) groups excluding carboxylic acids is 1. The molecule has 96 valence electrons. The van der Waals surface area contributed by atoms with Crippen LogP contribution in [0.3, 0.4) is 0 Å². The summed E-state index contributed by atoms with van der Waals surface area (Å²) in [7, 11) is 0. The van der Waals surface area contributed by atoms with Gasteiger partial charge in [0.15, 0.2) is 11.9 Å². The van der Waals surface area contributed by atoms with E-state index in [1.807, 2.05) is 37.3 Å². The second-order valence-corrected chi connectivity index (χ2v) is 4.78. The highest BCUT2D eigenvalue weighted by Gasteiger charge is 2.47. The molecule has 1 aliphatic rings. The average molecular weight is 256 g/mol. The van der Waals surface area contributed by atoms with E-state index in [1.165, 1.54) is 12.1 Å². The van der Waals surface area contributed by atoms with Crippen molar-refractivity contribution >= 4 is 6.29 Å². The molecular formula is C16H13FO2. The summed E-state index contributed by atoms with van der Waals surface area (Å²) < 4.78 is 19.1. The molecule has 0 saturated carbocycles. The molecule has 2 aromatic rings. The quantitative estimate of drug-likeness (QED) is 0.770. The van der Waals surface area contributed by atoms with Gasteiger partial charge in [0, 0.05) is 23.1 Å². The van der Waals surface area contributed by atoms with E-state index in [4.69, 9.17) is 4.74 Å². The summed E-state index contributed by atoms with van der Waals surface area (Å²) in [6.07, 6.45) is 0.810. The SMILES string of the molecule is CC1c2ccc(F)cc2OC1(C=O)c1ccccc1. The standard InChI is InChI=1S/C16H13FO2/c1-11-14-8-7-13(17)9-15(14)19-16(11,10-18)12-5-3-2-4-6-12/h2-11H,1H3. The molecule has 1 heterocycles. The van der Waals surface area contributed by atoms with Gasteiger partial charge in [-0.05, 0) is 6.07 Å². The summed E-state index contributed by atoms with van der Waals surface area (Å²) in [5.74, 6) is -0.0628. The smallest absolute Gasteiger partial charge is 0.195 e. The molecule has 0 N–H and O–H groups in total. The summed E-state index contributed by atoms with van der Waals surface area (Å²) in [5.41, 5.74) is 0.587. The second kappa shape index (κ2) is 4.19. The molecule has 0 fully saturated rings. The minimum atomic E-state index is -1.06. The Morgan fingerprint density at radius 2 is 1.95 bits per heavy atom. The van der Waals surface area contributed by atoms with Crippen LogP contribution in [-0.2, 0) is 10.4 Å². The van der Waals surface area contributed by atoms with Gasteiger partial charge in [-0.3, -0.25) is 4.79 Å². The van der Waals surface area contributed by atoms with Crippen LogP contribution in [-0.4, -0.2) is 6.29 Å². The number of aldehydes is 1. The van der Waals surface area contributed by atoms with Gasteiger partial charge < -0.3 is 4.74 Å². The van der Waals surface area contributed by atoms with Crippen LogP contribution in [0.4, 0.5) is 4.39 Å². The molecule has 3 rings (SSSR count). The fourth-order valence-corrected chi connectivity index (χ4v) is 2.66. The van der Waals surface area contributed by atoms with Crippen molar-refractivity contribution in [3.63, 3.8) is 0 Å². The van der Waals surface area contributed by atoms with E-state index in [9.17, 15) is 9.18 Å². The van der Waals surface area contributed by atoms with Crippen molar-refractivity contribution in [1.82, 2.24) is 0 Å². The minimum Gasteiger partial charge on any atom is -0.474 e. The first-order valence-corrected chi connectivity index (χ1v) is 6.18. The van der Waals surface area contributed by atoms with Gasteiger partial charge in [-0.15, -0.1) is 0 Å². The van der Waals surface area contributed by atoms with Gasteiger partial charge in [-0.1, -0.05) is 43.3 Å². The highest BCUT2D eigenvalue weighted by Crippen LogP contribution is 2.49. The number of halogens is 1. The van der Waals surface area contributed by atoms with Crippen LogP contribution < -0.4 is 4.74 Å². The Morgan fingerprint density at radius 1 is 1.21 bits per heavy atom. The topological polar surface area (TPSA) is 26.3 Å². The summed E-state index contributed by atoms with van der Waals surface area (Å²) in [6.45, 7) is 1.92. The fourth-order valence-electron chi connectivity index (χ4n) is 2.66. The normalized spacial score (nSPS) is 24.6. The van der Waals surface area contributed by atoms with E-state index in [2.05, 4.69) is 0 Å². The number of carbonyl (C=O) groups is 1. The van der Waals surface area contributed by atoms with Gasteiger partial charge in [-0.25, -0.2) is 4.39 Å². The molecule has 0 spiro atoms. The van der Waals surface area contributed by atoms with Crippen molar-refractivity contribution in [2.24, 2.45) is 0 Å². The van der Waals surface area contributed by atoms with E-state index in [0.29, 0.717) is 5.75 Å². The molecule has 2 nitrogen and oxygen atoms in total. The van der Waals surface area contributed by atoms with E-state index in [-0.39, 0.29) is 11.7 Å². The van der Waals surface area contributed by atoms with E-state index >= 15 is 0 Å². The maximum Gasteiger partial charge on any atom is 0.195 e. The van der Waals surface area contributed by atoms with Crippen LogP contribution in [0, 0.1) is 5.82 Å². The Labute approximate surface area is 110 Å². The molecule has 0 aliphatic carbocycles. The maximum atomic E-state index is 13.3. The lowest BCUT2D eigenvalue weighted by Gasteiger charge is -2.27. The summed E-state index contributed by atoms with van der Waals surface area (Å²) in [6, 6.07) is 13.7. The highest BCUT2D eigenvalue weighted by molar-refractivity contribution is 5.72. The lowest BCUT2D eigenvalue weighted by atomic mass is 9.81. The Balaban J connectivity index is 2.14. The Hall–Kier alpha value is -2.16. The van der Waals surface area contributed by atoms with Gasteiger partial charge in [0.1, 0.15) is 11.6 Å². The van der Waals surface area contributed by atoms with E-state index < -0.39 is 5.60 Å². The molecule has 19 heavy (non-hydrogen) atoms. The van der Waals surface area contributed by atoms with Gasteiger partial charge in [0.25, 0.3) is 0 Å². The van der Waals surface area contributed by atoms with Crippen molar-refractivity contribution in [2.45, 2.75) is 18.4 Å². The first-order valence-electron chi connectivity index (χ1n) is 6.18. The zero-order valence-corrected chi connectivity index (χ0v) is 10.5. The fraction of sp³-hybridized carbons (Fsp3) is 0.188. The molecule has 0 saturated heterocycles. The monoisotopic (exact) mass is 256 g/mol. The van der Waals surface area contributed by atoms with Gasteiger partial charge in [0.2, 0.25) is 0 Å². The first kappa shape index (κ1) is 11.9. The molecule has 0 amide bonds. The van der Waals surface area contributed by atoms with Crippen LogP contribution in [0.2, 0.25) is 0 Å². The number of hydrogen-bond donors (Lipinski definition) is 0. The van der Waals surface area contributed by atoms with Crippen LogP contribution in [0.25, 0.3) is 0 Å². The van der Waals surface area contributed by atoms with Crippen molar-refractivity contribution in [3.05, 3.63) is 65.5 Å². The molecule has 2 atom stereocenters. The van der Waals surface area contributed by atoms with Crippen molar-refractivity contribution < 1.29 is 13.9 Å². The molecule has 0 aromatic heterocycles. The summed E-state index contributed by atoms with van der Waals surface area (Å²) >= 11 is 0. The summed E-state index contributed by atoms with van der Waals surface area (Å²) in [4.78, 5) is 11.7. The predicted molar refractivity (Wildman–Crippen MR) is 69.6 cm³/mol. The third kappa shape index (κ3) is 1.65. The number of rotatable bonds is 2. The van der Waals surface area contributed by atoms with Crippen molar-refractivity contribution in [3.8, 4) is 5.75 Å². The van der Waals surface area contributed by atoms with Gasteiger partial charge in [0.05, 0.1) is 0 Å². The zero-order chi connectivity index (χ0) is 13.5. The molecule has 0 radical (unpaired) electrons. The molecule has 2 aromatic carbocycles. The lowest BCUT2D eigenvalue weighted by molar-refractivity contribution is -0.122. The Bertz CT molecular complexity index is 624. The first-order chi connectivity index (χ1) is 9.17. The highest BCUT2D eigenvalue weighted by atomic mass is 19.1. The van der Waals surface area contributed by atoms with Crippen LogP contribution in [0.15, 0.2) is 48.5 Å². The Kier molecular flexibility index (Phi) is 2.63. The third-order valence-electron chi connectivity index (χ3n) is 3.76. The zero-order valence-electron chi connectivity index (χ0n) is 10.5. The molecule has 0 bridgehead atoms. The third-order valence-corrected chi connectivity index (χ3v) is 3.76. The average Bonchev–Trinajstić information content (AvgIpc) is 2.73. The molecule has 1 aliphatic heterocycles. The second-order valence-electron chi connectivity index (χ2n) is 4.78. The van der Waals surface area contributed by atoms with Crippen LogP contribution >= 0.6 is 0 Å². The number of ether oxygens (including phenoxy) is 1. The number of hydrogen-bond acceptors (Lipinski definition) is 2. The Morgan fingerprint density at radius 3 is 2.63 bits per heavy atom. The van der Waals surface area contributed by atoms with Crippen LogP contribution in [0.1, 0.15) is 24.0 Å². The van der Waals surface area contributed by atoms with Crippen molar-refractivity contribution in [2.75, 3.05) is 0 Å². The molecule has 2 unspecified atom stereocenters. The predicted octanol–water partition coefficient (Wildman–Crippen LogP) is 3.42. The molecule has 3 heteroatoms.